The summed E-state index contributed by atoms with van der Waals surface area (Å²) in [4.78, 5) is 10.1. The Labute approximate surface area is 140 Å². The van der Waals surface area contributed by atoms with E-state index in [4.69, 9.17) is 23.2 Å². The van der Waals surface area contributed by atoms with Crippen LogP contribution in [0.4, 0.5) is 10.8 Å². The van der Waals surface area contributed by atoms with Crippen LogP contribution in [0.1, 0.15) is 10.7 Å². The van der Waals surface area contributed by atoms with Gasteiger partial charge in [0.25, 0.3) is 0 Å². The number of hydrogen-bond acceptors (Lipinski definition) is 5. The number of aromatic nitrogens is 2. The summed E-state index contributed by atoms with van der Waals surface area (Å²) in [6, 6.07) is 5.34. The zero-order valence-electron chi connectivity index (χ0n) is 11.3. The van der Waals surface area contributed by atoms with Gasteiger partial charge in [0.15, 0.2) is 5.13 Å². The van der Waals surface area contributed by atoms with Crippen molar-refractivity contribution in [2.75, 3.05) is 5.32 Å². The highest BCUT2D eigenvalue weighted by atomic mass is 35.5. The smallest absolute Gasteiger partial charge is 0.187 e. The third-order valence-electron chi connectivity index (χ3n) is 2.81. The minimum absolute atomic E-state index is 0.573. The van der Waals surface area contributed by atoms with Gasteiger partial charge in [-0.2, -0.15) is 0 Å². The quantitative estimate of drug-likeness (QED) is 0.632. The summed E-state index contributed by atoms with van der Waals surface area (Å²) in [5, 5.41) is 8.26. The molecule has 0 fully saturated rings. The molecular formula is C14H11Cl2N3S2. The van der Waals surface area contributed by atoms with Crippen molar-refractivity contribution >= 4 is 56.7 Å². The zero-order valence-corrected chi connectivity index (χ0v) is 14.4. The molecule has 0 saturated carbocycles. The molecule has 0 bridgehead atoms. The van der Waals surface area contributed by atoms with E-state index in [0.29, 0.717) is 10.0 Å². The van der Waals surface area contributed by atoms with Gasteiger partial charge in [-0.05, 0) is 32.0 Å². The highest BCUT2D eigenvalue weighted by Crippen LogP contribution is 2.34. The normalized spacial score (nSPS) is 10.9. The number of thiazole rings is 2. The number of halogens is 2. The van der Waals surface area contributed by atoms with E-state index in [2.05, 4.69) is 15.3 Å². The maximum Gasteiger partial charge on any atom is 0.187 e. The summed E-state index contributed by atoms with van der Waals surface area (Å²) < 4.78 is 0. The van der Waals surface area contributed by atoms with Crippen molar-refractivity contribution in [2.24, 2.45) is 0 Å². The lowest BCUT2D eigenvalue weighted by Gasteiger charge is -2.05. The standard InChI is InChI=1S/C14H11Cl2N3S2/c1-7-13(21-8(2)17-7)12-6-20-14(19-12)18-11-4-3-9(15)5-10(11)16/h3-6H,1-2H3,(H,18,19). The van der Waals surface area contributed by atoms with Crippen molar-refractivity contribution in [3.05, 3.63) is 44.3 Å². The Morgan fingerprint density at radius 3 is 2.62 bits per heavy atom. The van der Waals surface area contributed by atoms with E-state index >= 15 is 0 Å². The van der Waals surface area contributed by atoms with Crippen molar-refractivity contribution in [3.63, 3.8) is 0 Å². The van der Waals surface area contributed by atoms with Gasteiger partial charge in [0.1, 0.15) is 0 Å². The van der Waals surface area contributed by atoms with Crippen LogP contribution in [0.5, 0.6) is 0 Å². The first kappa shape index (κ1) is 14.8. The topological polar surface area (TPSA) is 37.8 Å². The molecule has 2 heterocycles. The SMILES string of the molecule is Cc1nc(C)c(-c2csc(Nc3ccc(Cl)cc3Cl)n2)s1. The predicted octanol–water partition coefficient (Wildman–Crippen LogP) is 5.93. The number of benzene rings is 1. The minimum atomic E-state index is 0.573. The van der Waals surface area contributed by atoms with Crippen molar-refractivity contribution in [3.8, 4) is 10.6 Å². The van der Waals surface area contributed by atoms with Gasteiger partial charge in [-0.15, -0.1) is 22.7 Å². The lowest BCUT2D eigenvalue weighted by molar-refractivity contribution is 1.20. The molecule has 0 atom stereocenters. The molecule has 0 spiro atoms. The highest BCUT2D eigenvalue weighted by Gasteiger charge is 2.12. The molecule has 2 aromatic heterocycles. The molecule has 7 heteroatoms. The fourth-order valence-corrected chi connectivity index (χ4v) is 4.04. The molecular weight excluding hydrogens is 345 g/mol. The molecule has 21 heavy (non-hydrogen) atoms. The largest absolute Gasteiger partial charge is 0.330 e. The van der Waals surface area contributed by atoms with E-state index in [0.717, 1.165) is 32.1 Å². The van der Waals surface area contributed by atoms with Crippen molar-refractivity contribution < 1.29 is 0 Å². The van der Waals surface area contributed by atoms with E-state index in [9.17, 15) is 0 Å². The minimum Gasteiger partial charge on any atom is -0.330 e. The van der Waals surface area contributed by atoms with Crippen molar-refractivity contribution in [1.29, 1.82) is 0 Å². The van der Waals surface area contributed by atoms with Gasteiger partial charge in [-0.25, -0.2) is 9.97 Å². The molecule has 0 saturated heterocycles. The Morgan fingerprint density at radius 1 is 1.14 bits per heavy atom. The summed E-state index contributed by atoms with van der Waals surface area (Å²) in [7, 11) is 0. The average Bonchev–Trinajstić information content (AvgIpc) is 2.99. The summed E-state index contributed by atoms with van der Waals surface area (Å²) in [5.74, 6) is 0. The Bertz CT molecular complexity index is 795. The Hall–Kier alpha value is -1.14. The second kappa shape index (κ2) is 5.93. The van der Waals surface area contributed by atoms with Gasteiger partial charge >= 0.3 is 0 Å². The molecule has 1 N–H and O–H groups in total. The van der Waals surface area contributed by atoms with Gasteiger partial charge in [0, 0.05) is 10.4 Å². The Balaban J connectivity index is 1.87. The van der Waals surface area contributed by atoms with E-state index in [1.807, 2.05) is 25.3 Å². The van der Waals surface area contributed by atoms with Crippen LogP contribution in [0.25, 0.3) is 10.6 Å². The van der Waals surface area contributed by atoms with Crippen molar-refractivity contribution in [2.45, 2.75) is 13.8 Å². The van der Waals surface area contributed by atoms with Crippen LogP contribution in [0.15, 0.2) is 23.6 Å². The van der Waals surface area contributed by atoms with Crippen LogP contribution in [0.3, 0.4) is 0 Å². The second-order valence-electron chi connectivity index (χ2n) is 4.43. The molecule has 0 amide bonds. The third-order valence-corrected chi connectivity index (χ3v) is 5.21. The molecule has 3 rings (SSSR count). The number of anilines is 2. The first-order valence-electron chi connectivity index (χ1n) is 6.15. The lowest BCUT2D eigenvalue weighted by Crippen LogP contribution is -1.90. The van der Waals surface area contributed by atoms with E-state index in [1.54, 1.807) is 23.5 Å². The van der Waals surface area contributed by atoms with Gasteiger partial charge in [-0.1, -0.05) is 23.2 Å². The van der Waals surface area contributed by atoms with Crippen molar-refractivity contribution in [1.82, 2.24) is 9.97 Å². The fourth-order valence-electron chi connectivity index (χ4n) is 1.91. The Kier molecular flexibility index (Phi) is 4.17. The molecule has 3 nitrogen and oxygen atoms in total. The van der Waals surface area contributed by atoms with Gasteiger partial charge in [0.05, 0.1) is 32.0 Å². The molecule has 1 aromatic carbocycles. The van der Waals surface area contributed by atoms with E-state index < -0.39 is 0 Å². The Morgan fingerprint density at radius 2 is 1.95 bits per heavy atom. The van der Waals surface area contributed by atoms with E-state index in [-0.39, 0.29) is 0 Å². The number of rotatable bonds is 3. The molecule has 0 radical (unpaired) electrons. The number of nitrogens with one attached hydrogen (secondary N) is 1. The van der Waals surface area contributed by atoms with Crippen LogP contribution in [0, 0.1) is 13.8 Å². The fraction of sp³-hybridized carbons (Fsp3) is 0.143. The maximum absolute atomic E-state index is 6.15. The van der Waals surface area contributed by atoms with Gasteiger partial charge in [0.2, 0.25) is 0 Å². The van der Waals surface area contributed by atoms with Crippen LogP contribution in [-0.2, 0) is 0 Å². The summed E-state index contributed by atoms with van der Waals surface area (Å²) in [5.41, 5.74) is 2.74. The molecule has 0 unspecified atom stereocenters. The van der Waals surface area contributed by atoms with Crippen LogP contribution < -0.4 is 5.32 Å². The zero-order chi connectivity index (χ0) is 15.0. The monoisotopic (exact) mass is 355 g/mol. The number of nitrogens with zero attached hydrogens (tertiary/aromatic N) is 2. The third kappa shape index (κ3) is 3.21. The predicted molar refractivity (Wildman–Crippen MR) is 92.4 cm³/mol. The number of hydrogen-bond donors (Lipinski definition) is 1. The molecule has 3 aromatic rings. The van der Waals surface area contributed by atoms with Crippen LogP contribution >= 0.6 is 45.9 Å². The molecule has 0 aliphatic carbocycles. The summed E-state index contributed by atoms with van der Waals surface area (Å²) in [6.07, 6.45) is 0. The maximum atomic E-state index is 6.15. The lowest BCUT2D eigenvalue weighted by atomic mass is 10.3. The summed E-state index contributed by atoms with van der Waals surface area (Å²) >= 11 is 15.2. The first-order valence-corrected chi connectivity index (χ1v) is 8.60. The van der Waals surface area contributed by atoms with Gasteiger partial charge < -0.3 is 5.32 Å². The molecule has 108 valence electrons. The van der Waals surface area contributed by atoms with E-state index in [1.165, 1.54) is 11.3 Å². The number of aryl methyl sites for hydroxylation is 2. The highest BCUT2D eigenvalue weighted by molar-refractivity contribution is 7.16. The average molecular weight is 356 g/mol. The second-order valence-corrected chi connectivity index (χ2v) is 7.34. The molecule has 0 aliphatic rings. The summed E-state index contributed by atoms with van der Waals surface area (Å²) in [6.45, 7) is 4.00. The molecule has 0 aliphatic heterocycles. The first-order chi connectivity index (χ1) is 10.0. The van der Waals surface area contributed by atoms with Gasteiger partial charge in [-0.3, -0.25) is 0 Å². The van der Waals surface area contributed by atoms with Crippen LogP contribution in [0.2, 0.25) is 10.0 Å². The van der Waals surface area contributed by atoms with Crippen LogP contribution in [-0.4, -0.2) is 9.97 Å².